The molecule has 2 atom stereocenters. The van der Waals surface area contributed by atoms with Crippen LogP contribution in [0.4, 0.5) is 16.2 Å². The van der Waals surface area contributed by atoms with Gasteiger partial charge in [-0.2, -0.15) is 0 Å². The van der Waals surface area contributed by atoms with Gasteiger partial charge in [-0.1, -0.05) is 55.7 Å². The number of aromatic nitrogens is 1. The van der Waals surface area contributed by atoms with Crippen LogP contribution < -0.4 is 26.0 Å². The predicted octanol–water partition coefficient (Wildman–Crippen LogP) is 8.24. The van der Waals surface area contributed by atoms with Gasteiger partial charge in [0, 0.05) is 96.0 Å². The number of ketones is 2. The third kappa shape index (κ3) is 12.1. The standard InChI is InChI=1S/C56H64ClN7O9/c1-64(2,27-28-73-41-19-20-44-38(29-41)30-45(61-44)54(71)63-34-39(33-57)52-43-13-7-6-12-42(43)47(65)32-46(52)63)35-36-15-17-40(18-16-36)60-53(70)37(11-9-25-59-55(58)72)31-49(67)56(23-10-24-56)48(66)14-5-3-4-8-26-62-50(68)21-22-51(62)69/h6-7,12-13,15-22,29-30,32,37,39H,3-5,8-11,14,23-28,31,33-35H2,1-2H3,(H5-,58,59,60,61,65,70,71,72)/p+1/t37-,39-/m1/s1. The van der Waals surface area contributed by atoms with Gasteiger partial charge in [-0.05, 0) is 85.9 Å². The highest BCUT2D eigenvalue weighted by Crippen LogP contribution is 2.47. The molecule has 3 aliphatic rings. The predicted molar refractivity (Wildman–Crippen MR) is 280 cm³/mol. The number of hydrogen-bond acceptors (Lipinski definition) is 9. The fourth-order valence-corrected chi connectivity index (χ4v) is 10.7. The molecule has 1 aliphatic carbocycles. The number of imide groups is 1. The number of amides is 6. The number of Topliss-reactive ketones (excluding diaryl/α,β-unsaturated/α-hetero) is 2. The van der Waals surface area contributed by atoms with Gasteiger partial charge in [0.15, 0.2) is 0 Å². The Morgan fingerprint density at radius 3 is 2.33 bits per heavy atom. The first-order valence-corrected chi connectivity index (χ1v) is 25.8. The molecule has 6 N–H and O–H groups in total. The van der Waals surface area contributed by atoms with E-state index in [1.807, 2.05) is 72.8 Å². The summed E-state index contributed by atoms with van der Waals surface area (Å²) in [7, 11) is 4.22. The maximum atomic E-state index is 14.0. The summed E-state index contributed by atoms with van der Waals surface area (Å²) in [5.74, 6) is -1.17. The van der Waals surface area contributed by atoms with Crippen LogP contribution in [0.5, 0.6) is 11.5 Å². The molecule has 3 heterocycles. The number of H-pyrrole nitrogens is 1. The summed E-state index contributed by atoms with van der Waals surface area (Å²) in [6, 6.07) is 23.7. The fraction of sp³-hybridized carbons (Fsp3) is 0.411. The van der Waals surface area contributed by atoms with Crippen LogP contribution in [0.1, 0.15) is 98.2 Å². The number of ether oxygens (including phenoxy) is 1. The molecule has 16 nitrogen and oxygen atoms in total. The van der Waals surface area contributed by atoms with Crippen LogP contribution in [0.2, 0.25) is 0 Å². The van der Waals surface area contributed by atoms with Gasteiger partial charge in [-0.15, -0.1) is 11.6 Å². The topological polar surface area (TPSA) is 221 Å². The SMILES string of the molecule is C[N+](C)(CCOc1ccc2[nH]c(C(=O)N3C[C@@H](CCl)c4c3cc(O)c3ccccc43)cc2c1)Cc1ccc(NC(=O)[C@H](CCCNC(N)=O)CC(=O)C2(C(=O)CCCCCCN3C(=O)C=CC3=O)CCC2)cc1. The zero-order chi connectivity index (χ0) is 51.9. The molecule has 0 bridgehead atoms. The van der Waals surface area contributed by atoms with E-state index in [-0.39, 0.29) is 66.2 Å². The van der Waals surface area contributed by atoms with Gasteiger partial charge in [0.2, 0.25) is 5.91 Å². The second-order valence-corrected chi connectivity index (χ2v) is 20.7. The van der Waals surface area contributed by atoms with Crippen LogP contribution in [-0.4, -0.2) is 113 Å². The molecule has 73 heavy (non-hydrogen) atoms. The molecule has 0 spiro atoms. The van der Waals surface area contributed by atoms with Gasteiger partial charge in [0.05, 0.1) is 25.2 Å². The fourth-order valence-electron chi connectivity index (χ4n) is 10.5. The highest BCUT2D eigenvalue weighted by Gasteiger charge is 2.50. The van der Waals surface area contributed by atoms with Crippen molar-refractivity contribution in [2.75, 3.05) is 63.0 Å². The molecule has 4 aromatic carbocycles. The smallest absolute Gasteiger partial charge is 0.312 e. The van der Waals surface area contributed by atoms with E-state index in [1.54, 1.807) is 11.0 Å². The number of nitrogens with one attached hydrogen (secondary N) is 3. The number of carbonyl (C=O) groups is 7. The number of phenolic OH excluding ortho intramolecular Hbond substituents is 1. The first-order valence-electron chi connectivity index (χ1n) is 25.3. The number of unbranched alkanes of at least 4 members (excludes halogenated alkanes) is 3. The van der Waals surface area contributed by atoms with Crippen molar-refractivity contribution in [2.24, 2.45) is 17.1 Å². The molecule has 1 saturated carbocycles. The van der Waals surface area contributed by atoms with Crippen LogP contribution in [-0.2, 0) is 30.5 Å². The Morgan fingerprint density at radius 1 is 0.904 bits per heavy atom. The molecule has 1 aromatic heterocycles. The number of halogens is 1. The van der Waals surface area contributed by atoms with Crippen molar-refractivity contribution in [1.29, 1.82) is 0 Å². The average molecular weight is 1020 g/mol. The van der Waals surface area contributed by atoms with Gasteiger partial charge in [-0.25, -0.2) is 4.79 Å². The van der Waals surface area contributed by atoms with Gasteiger partial charge < -0.3 is 40.6 Å². The highest BCUT2D eigenvalue weighted by molar-refractivity contribution is 6.19. The first kappa shape index (κ1) is 52.3. The largest absolute Gasteiger partial charge is 0.507 e. The first-order chi connectivity index (χ1) is 35.1. The summed E-state index contributed by atoms with van der Waals surface area (Å²) in [6.45, 7) is 2.76. The summed E-state index contributed by atoms with van der Waals surface area (Å²) in [5.41, 5.74) is 8.62. The number of nitrogens with two attached hydrogens (primary N) is 1. The number of aromatic amines is 1. The number of aromatic hydroxyl groups is 1. The van der Waals surface area contributed by atoms with E-state index in [4.69, 9.17) is 22.1 Å². The van der Waals surface area contributed by atoms with E-state index in [9.17, 15) is 38.7 Å². The molecular formula is C56H65ClN7O9+. The molecule has 8 rings (SSSR count). The molecule has 0 saturated heterocycles. The zero-order valence-electron chi connectivity index (χ0n) is 41.6. The lowest BCUT2D eigenvalue weighted by atomic mass is 9.61. The minimum atomic E-state index is -1.09. The number of benzene rings is 4. The number of carbonyl (C=O) groups excluding carboxylic acids is 7. The Bertz CT molecular complexity index is 2930. The number of likely N-dealkylation sites (N-methyl/N-ethyl adjacent to an activating group) is 1. The number of quaternary nitrogens is 1. The van der Waals surface area contributed by atoms with Crippen molar-refractivity contribution in [2.45, 2.75) is 83.1 Å². The minimum Gasteiger partial charge on any atom is -0.507 e. The molecule has 5 aromatic rings. The van der Waals surface area contributed by atoms with E-state index < -0.39 is 17.4 Å². The lowest BCUT2D eigenvalue weighted by Crippen LogP contribution is -2.46. The second kappa shape index (κ2) is 22.8. The van der Waals surface area contributed by atoms with Gasteiger partial charge >= 0.3 is 6.03 Å². The lowest BCUT2D eigenvalue weighted by molar-refractivity contribution is -0.903. The zero-order valence-corrected chi connectivity index (χ0v) is 42.3. The molecule has 17 heteroatoms. The Labute approximate surface area is 429 Å². The highest BCUT2D eigenvalue weighted by atomic mass is 35.5. The van der Waals surface area contributed by atoms with E-state index >= 15 is 0 Å². The summed E-state index contributed by atoms with van der Waals surface area (Å²) in [6.07, 6.45) is 7.77. The van der Waals surface area contributed by atoms with E-state index in [0.29, 0.717) is 104 Å². The monoisotopic (exact) mass is 1010 g/mol. The van der Waals surface area contributed by atoms with E-state index in [1.165, 1.54) is 17.1 Å². The summed E-state index contributed by atoms with van der Waals surface area (Å²) in [4.78, 5) is 96.6. The minimum absolute atomic E-state index is 0.0783. The second-order valence-electron chi connectivity index (χ2n) is 20.4. The van der Waals surface area contributed by atoms with Crippen molar-refractivity contribution in [3.8, 4) is 11.5 Å². The van der Waals surface area contributed by atoms with Crippen molar-refractivity contribution >= 4 is 85.9 Å². The maximum Gasteiger partial charge on any atom is 0.312 e. The number of rotatable bonds is 25. The van der Waals surface area contributed by atoms with Crippen LogP contribution >= 0.6 is 11.6 Å². The molecule has 6 amide bonds. The number of fused-ring (bicyclic) bond motifs is 4. The normalized spacial score (nSPS) is 16.4. The van der Waals surface area contributed by atoms with Crippen LogP contribution in [0.25, 0.3) is 21.7 Å². The van der Waals surface area contributed by atoms with Crippen molar-refractivity contribution in [3.63, 3.8) is 0 Å². The molecular weight excluding hydrogens is 950 g/mol. The van der Waals surface area contributed by atoms with E-state index in [0.717, 1.165) is 52.1 Å². The van der Waals surface area contributed by atoms with Gasteiger partial charge in [-0.3, -0.25) is 33.7 Å². The van der Waals surface area contributed by atoms with Gasteiger partial charge in [0.25, 0.3) is 17.7 Å². The molecule has 2 aliphatic heterocycles. The van der Waals surface area contributed by atoms with Crippen molar-refractivity contribution in [3.05, 3.63) is 108 Å². The number of urea groups is 1. The molecule has 0 unspecified atom stereocenters. The summed E-state index contributed by atoms with van der Waals surface area (Å²) in [5, 5.41) is 18.8. The Kier molecular flexibility index (Phi) is 16.3. The number of anilines is 2. The average Bonchev–Trinajstić information content (AvgIpc) is 4.04. The number of phenols is 1. The van der Waals surface area contributed by atoms with Crippen molar-refractivity contribution in [1.82, 2.24) is 15.2 Å². The third-order valence-corrected chi connectivity index (χ3v) is 15.1. The number of alkyl halides is 1. The summed E-state index contributed by atoms with van der Waals surface area (Å²) >= 11 is 6.42. The number of nitrogens with zero attached hydrogens (tertiary/aromatic N) is 3. The quantitative estimate of drug-likeness (QED) is 0.0125. The Balaban J connectivity index is 0.817. The Morgan fingerprint density at radius 2 is 1.63 bits per heavy atom. The third-order valence-electron chi connectivity index (χ3n) is 14.7. The summed E-state index contributed by atoms with van der Waals surface area (Å²) < 4.78 is 6.84. The molecule has 384 valence electrons. The molecule has 1 fully saturated rings. The molecule has 0 radical (unpaired) electrons. The van der Waals surface area contributed by atoms with E-state index in [2.05, 4.69) is 29.7 Å². The van der Waals surface area contributed by atoms with Gasteiger partial charge in [0.1, 0.15) is 48.5 Å². The van der Waals surface area contributed by atoms with Crippen LogP contribution in [0.15, 0.2) is 91.0 Å². The number of primary amides is 1. The van der Waals surface area contributed by atoms with Crippen molar-refractivity contribution < 1.29 is 47.9 Å². The lowest BCUT2D eigenvalue weighted by Gasteiger charge is -2.39. The van der Waals surface area contributed by atoms with Crippen LogP contribution in [0.3, 0.4) is 0 Å². The van der Waals surface area contributed by atoms with Crippen LogP contribution in [0, 0.1) is 11.3 Å². The number of hydrogen-bond donors (Lipinski definition) is 5. The Hall–Kier alpha value is -7.04. The maximum absolute atomic E-state index is 14.0.